The first kappa shape index (κ1) is 40.5. The highest BCUT2D eigenvalue weighted by atomic mass is 16.5. The van der Waals surface area contributed by atoms with Gasteiger partial charge in [-0.05, 0) is 182 Å². The lowest BCUT2D eigenvalue weighted by atomic mass is 9.63. The lowest BCUT2D eigenvalue weighted by Gasteiger charge is -2.42. The van der Waals surface area contributed by atoms with E-state index in [1.165, 1.54) is 11.1 Å². The maximum atomic E-state index is 9.89. The van der Waals surface area contributed by atoms with Crippen molar-refractivity contribution in [2.24, 2.45) is 5.92 Å². The molecule has 5 nitrogen and oxygen atoms in total. The summed E-state index contributed by atoms with van der Waals surface area (Å²) < 4.78 is 109. The first-order valence-electron chi connectivity index (χ1n) is 33.6. The van der Waals surface area contributed by atoms with Crippen LogP contribution in [0.4, 0.5) is 22.7 Å². The third kappa shape index (κ3) is 9.67. The first-order chi connectivity index (χ1) is 43.5. The number of ether oxygens (including phenoxy) is 1. The molecule has 0 N–H and O–H groups in total. The van der Waals surface area contributed by atoms with Gasteiger partial charge in [-0.15, -0.1) is 0 Å². The van der Waals surface area contributed by atoms with Gasteiger partial charge in [0.05, 0.1) is 40.4 Å². The minimum Gasteiger partial charge on any atom is -0.457 e. The first-order valence-corrected chi connectivity index (χ1v) is 28.1. The second kappa shape index (κ2) is 20.1. The number of hydrogen-bond acceptors (Lipinski definition) is 4. The number of pyridine rings is 1. The van der Waals surface area contributed by atoms with Crippen LogP contribution in [0.15, 0.2) is 218 Å². The molecule has 9 aromatic carbocycles. The highest BCUT2D eigenvalue weighted by Gasteiger charge is 2.38. The van der Waals surface area contributed by atoms with Gasteiger partial charge in [0, 0.05) is 48.7 Å². The molecule has 0 amide bonds. The summed E-state index contributed by atoms with van der Waals surface area (Å²) in [4.78, 5) is 9.30. The van der Waals surface area contributed by atoms with Gasteiger partial charge in [-0.25, -0.2) is 4.98 Å². The van der Waals surface area contributed by atoms with Gasteiger partial charge < -0.3 is 14.5 Å². The Morgan fingerprint density at radius 3 is 1.98 bits per heavy atom. The quantitative estimate of drug-likeness (QED) is 0.129. The lowest BCUT2D eigenvalue weighted by Crippen LogP contribution is -2.33. The number of hydrogen-bond donors (Lipinski definition) is 0. The average molecular weight is 1070 g/mol. The zero-order valence-electron chi connectivity index (χ0n) is 58.5. The van der Waals surface area contributed by atoms with Gasteiger partial charge in [-0.1, -0.05) is 177 Å². The summed E-state index contributed by atoms with van der Waals surface area (Å²) in [6.07, 6.45) is 1.91. The molecule has 2 aliphatic rings. The van der Waals surface area contributed by atoms with Gasteiger partial charge in [-0.3, -0.25) is 4.57 Å². The van der Waals surface area contributed by atoms with Crippen molar-refractivity contribution < 1.29 is 19.8 Å². The monoisotopic (exact) mass is 1070 g/mol. The fourth-order valence-electron chi connectivity index (χ4n) is 12.1. The predicted molar refractivity (Wildman–Crippen MR) is 341 cm³/mol. The van der Waals surface area contributed by atoms with Gasteiger partial charge in [0.2, 0.25) is 0 Å². The van der Waals surface area contributed by atoms with Crippen molar-refractivity contribution in [3.05, 3.63) is 241 Å². The van der Waals surface area contributed by atoms with Crippen molar-refractivity contribution in [3.8, 4) is 61.8 Å². The Balaban J connectivity index is 1.01. The third-order valence-electron chi connectivity index (χ3n) is 16.5. The van der Waals surface area contributed by atoms with E-state index in [1.807, 2.05) is 140 Å². The number of aromatic nitrogens is 2. The second-order valence-corrected chi connectivity index (χ2v) is 24.4. The molecule has 1 aliphatic carbocycles. The Hall–Kier alpha value is -8.67. The van der Waals surface area contributed by atoms with Gasteiger partial charge in [0.25, 0.3) is 0 Å². The number of fused-ring (bicyclic) bond motifs is 5. The molecule has 3 heterocycles. The molecule has 13 rings (SSSR count). The van der Waals surface area contributed by atoms with E-state index in [2.05, 4.69) is 94.7 Å². The van der Waals surface area contributed by atoms with Crippen molar-refractivity contribution in [2.45, 2.75) is 97.8 Å². The summed E-state index contributed by atoms with van der Waals surface area (Å²) in [5.41, 5.74) is 12.9. The van der Waals surface area contributed by atoms with Gasteiger partial charge in [0.1, 0.15) is 24.0 Å². The number of nitrogens with zero attached hydrogens (tertiary/aromatic N) is 4. The molecule has 1 aliphatic heterocycles. The summed E-state index contributed by atoms with van der Waals surface area (Å²) in [6.45, 7) is 19.6. The molecule has 0 spiro atoms. The molecule has 5 heteroatoms. The van der Waals surface area contributed by atoms with E-state index in [4.69, 9.17) is 17.9 Å². The van der Waals surface area contributed by atoms with Crippen molar-refractivity contribution in [3.63, 3.8) is 0 Å². The maximum Gasteiger partial charge on any atom is 0.137 e. The SMILES string of the molecule is [2H]c1c([2H])c([2H])c(-c2cc(-c3ccccc3)cc(-c3cc(C([2H])([2H])C(C)C)cc(-c4ccc5c(c4)C(C)(C)CCC5(C)C)c3N3CN(c4cccc(Oc5ccc6c7c([2H])c([2H])c([2H])c([2H])c7n(-c7cc(C(C)(C)C)ccn7)c6c5)c4)c4ccccc43)c2)c([2H])c1[2H]. The van der Waals surface area contributed by atoms with Crippen molar-refractivity contribution >= 4 is 44.6 Å². The highest BCUT2D eigenvalue weighted by molar-refractivity contribution is 6.09. The van der Waals surface area contributed by atoms with Gasteiger partial charge in [-0.2, -0.15) is 0 Å². The smallest absolute Gasteiger partial charge is 0.137 e. The Morgan fingerprint density at radius 1 is 0.556 bits per heavy atom. The zero-order chi connectivity index (χ0) is 65.4. The summed E-state index contributed by atoms with van der Waals surface area (Å²) in [6, 6.07) is 48.9. The van der Waals surface area contributed by atoms with Crippen LogP contribution < -0.4 is 14.5 Å². The molecular formula is C76H72N4O. The van der Waals surface area contributed by atoms with E-state index in [0.717, 1.165) is 63.4 Å². The maximum absolute atomic E-state index is 9.89. The molecule has 0 saturated heterocycles. The molecule has 0 bridgehead atoms. The Kier molecular flexibility index (Phi) is 10.1. The van der Waals surface area contributed by atoms with Crippen molar-refractivity contribution in [1.29, 1.82) is 0 Å². The summed E-state index contributed by atoms with van der Waals surface area (Å²) >= 11 is 0. The standard InChI is InChI=1S/C76H72N4O/c1-50(2)39-51-40-64(54-31-34-66-67(45-54)76(8,9)37-36-75(66,6)7)73(65(41-51)57-43-55(52-21-12-10-13-22-52)42-56(44-57)53-23-14-11-15-24-53)79-49-78(69-29-18-19-30-70(69)79)59-25-20-26-60(47-59)81-61-32-33-63-62-27-16-17-28-68(62)80(71(63)48-61)72-46-58(35-38-77-72)74(3,4)5/h10-35,38,40-48,50H,36-37,39,49H2,1-9H3/i10D,12D,13D,16D,17D,21D,22D,27D,28D,39D2. The van der Waals surface area contributed by atoms with Crippen LogP contribution in [0.2, 0.25) is 0 Å². The minimum atomic E-state index is -1.83. The molecule has 2 aromatic heterocycles. The molecule has 0 radical (unpaired) electrons. The summed E-state index contributed by atoms with van der Waals surface area (Å²) in [7, 11) is 0. The number of para-hydroxylation sites is 3. The van der Waals surface area contributed by atoms with E-state index >= 15 is 0 Å². The Labute approximate surface area is 494 Å². The molecule has 11 aromatic rings. The molecule has 0 atom stereocenters. The van der Waals surface area contributed by atoms with E-state index < -0.39 is 30.4 Å². The Morgan fingerprint density at radius 2 is 1.22 bits per heavy atom. The molecule has 0 unspecified atom stereocenters. The van der Waals surface area contributed by atoms with Crippen molar-refractivity contribution in [2.75, 3.05) is 16.5 Å². The normalized spacial score (nSPS) is 16.7. The Bertz CT molecular complexity index is 4810. The fourth-order valence-corrected chi connectivity index (χ4v) is 12.1. The van der Waals surface area contributed by atoms with E-state index in [0.29, 0.717) is 61.4 Å². The van der Waals surface area contributed by atoms with Crippen LogP contribution in [0.5, 0.6) is 11.5 Å². The molecule has 81 heavy (non-hydrogen) atoms. The number of benzene rings is 9. The molecular weight excluding hydrogens is 985 g/mol. The van der Waals surface area contributed by atoms with Crippen LogP contribution >= 0.6 is 0 Å². The lowest BCUT2D eigenvalue weighted by molar-refractivity contribution is 0.332. The summed E-state index contributed by atoms with van der Waals surface area (Å²) in [5, 5.41) is 1.01. The minimum absolute atomic E-state index is 0.0597. The van der Waals surface area contributed by atoms with Crippen LogP contribution in [0.1, 0.15) is 112 Å². The molecule has 0 fully saturated rings. The third-order valence-corrected chi connectivity index (χ3v) is 16.5. The zero-order valence-corrected chi connectivity index (χ0v) is 47.5. The van der Waals surface area contributed by atoms with Gasteiger partial charge in [0.15, 0.2) is 0 Å². The van der Waals surface area contributed by atoms with E-state index in [-0.39, 0.29) is 64.7 Å². The topological polar surface area (TPSA) is 33.5 Å². The average Bonchev–Trinajstić information content (AvgIpc) is 1.45. The molecule has 0 saturated carbocycles. The van der Waals surface area contributed by atoms with Crippen LogP contribution in [-0.4, -0.2) is 16.2 Å². The second-order valence-electron chi connectivity index (χ2n) is 24.4. The highest BCUT2D eigenvalue weighted by Crippen LogP contribution is 2.54. The number of rotatable bonds is 11. The fraction of sp³-hybridized carbons (Fsp3) is 0.224. The van der Waals surface area contributed by atoms with Crippen LogP contribution in [0.3, 0.4) is 0 Å². The predicted octanol–water partition coefficient (Wildman–Crippen LogP) is 20.7. The van der Waals surface area contributed by atoms with Crippen LogP contribution in [0.25, 0.3) is 72.1 Å². The number of anilines is 4. The molecule has 402 valence electrons. The van der Waals surface area contributed by atoms with E-state index in [1.54, 1.807) is 6.20 Å². The largest absolute Gasteiger partial charge is 0.457 e. The summed E-state index contributed by atoms with van der Waals surface area (Å²) in [5.74, 6) is 1.06. The van der Waals surface area contributed by atoms with Crippen LogP contribution in [0, 0.1) is 5.92 Å². The van der Waals surface area contributed by atoms with Crippen molar-refractivity contribution in [1.82, 2.24) is 9.55 Å². The van der Waals surface area contributed by atoms with Crippen LogP contribution in [-0.2, 0) is 22.6 Å². The van der Waals surface area contributed by atoms with Gasteiger partial charge >= 0.3 is 0 Å². The van der Waals surface area contributed by atoms with E-state index in [9.17, 15) is 6.85 Å².